The van der Waals surface area contributed by atoms with E-state index < -0.39 is 17.5 Å². The van der Waals surface area contributed by atoms with Crippen molar-refractivity contribution in [3.05, 3.63) is 58.1 Å². The molecule has 0 saturated carbocycles. The molecule has 1 N–H and O–H groups in total. The van der Waals surface area contributed by atoms with Crippen LogP contribution in [0.25, 0.3) is 0 Å². The molecule has 0 aliphatic rings. The van der Waals surface area contributed by atoms with Crippen LogP contribution >= 0.6 is 15.9 Å². The molecule has 1 amide bonds. The smallest absolute Gasteiger partial charge is 0.262 e. The summed E-state index contributed by atoms with van der Waals surface area (Å²) in [5, 5.41) is 2.32. The highest BCUT2D eigenvalue weighted by Gasteiger charge is 2.09. The number of hydrogen-bond acceptors (Lipinski definition) is 2. The lowest BCUT2D eigenvalue weighted by Gasteiger charge is -2.10. The maximum absolute atomic E-state index is 13.4. The van der Waals surface area contributed by atoms with Crippen molar-refractivity contribution < 1.29 is 18.3 Å². The molecule has 2 rings (SSSR count). The first-order chi connectivity index (χ1) is 9.95. The van der Waals surface area contributed by atoms with Crippen molar-refractivity contribution in [3.8, 4) is 5.75 Å². The fraction of sp³-hybridized carbons (Fsp3) is 0.133. The number of carbonyl (C=O) groups is 1. The monoisotopic (exact) mass is 355 g/mol. The summed E-state index contributed by atoms with van der Waals surface area (Å²) in [6.45, 7) is 1.65. The molecule has 0 radical (unpaired) electrons. The Bertz CT molecular complexity index is 677. The van der Waals surface area contributed by atoms with Crippen LogP contribution in [-0.4, -0.2) is 12.5 Å². The summed E-state index contributed by atoms with van der Waals surface area (Å²) in [6.07, 6.45) is 0. The molecule has 0 unspecified atom stereocenters. The van der Waals surface area contributed by atoms with Crippen molar-refractivity contribution in [2.24, 2.45) is 0 Å². The van der Waals surface area contributed by atoms with Crippen molar-refractivity contribution in [3.63, 3.8) is 0 Å². The van der Waals surface area contributed by atoms with Crippen LogP contribution in [0.2, 0.25) is 0 Å². The molecular weight excluding hydrogens is 344 g/mol. The second-order valence-corrected chi connectivity index (χ2v) is 5.25. The third kappa shape index (κ3) is 4.26. The predicted molar refractivity (Wildman–Crippen MR) is 79.4 cm³/mol. The molecule has 0 heterocycles. The van der Waals surface area contributed by atoms with Crippen molar-refractivity contribution in [2.45, 2.75) is 6.92 Å². The number of rotatable bonds is 4. The molecule has 0 saturated heterocycles. The lowest BCUT2D eigenvalue weighted by atomic mass is 10.2. The molecule has 110 valence electrons. The van der Waals surface area contributed by atoms with Gasteiger partial charge in [-0.2, -0.15) is 0 Å². The van der Waals surface area contributed by atoms with Crippen LogP contribution in [0.1, 0.15) is 5.56 Å². The van der Waals surface area contributed by atoms with Gasteiger partial charge in [-0.1, -0.05) is 6.07 Å². The number of ether oxygens (including phenoxy) is 1. The number of benzene rings is 2. The van der Waals surface area contributed by atoms with Crippen LogP contribution in [0.3, 0.4) is 0 Å². The number of halogens is 3. The van der Waals surface area contributed by atoms with Crippen molar-refractivity contribution in [1.82, 2.24) is 0 Å². The largest absolute Gasteiger partial charge is 0.483 e. The maximum atomic E-state index is 13.4. The fourth-order valence-electron chi connectivity index (χ4n) is 1.64. The minimum absolute atomic E-state index is 0.0898. The second-order valence-electron chi connectivity index (χ2n) is 4.39. The SMILES string of the molecule is Cc1ccc(OCC(=O)Nc2ccc(F)cc2F)c(Br)c1. The summed E-state index contributed by atoms with van der Waals surface area (Å²) in [6, 6.07) is 8.35. The zero-order chi connectivity index (χ0) is 15.4. The van der Waals surface area contributed by atoms with Crippen molar-refractivity contribution in [1.29, 1.82) is 0 Å². The van der Waals surface area contributed by atoms with E-state index in [1.165, 1.54) is 0 Å². The van der Waals surface area contributed by atoms with Crippen LogP contribution in [0, 0.1) is 18.6 Å². The summed E-state index contributed by atoms with van der Waals surface area (Å²) in [5.41, 5.74) is 0.958. The van der Waals surface area contributed by atoms with Crippen LogP contribution in [-0.2, 0) is 4.79 Å². The summed E-state index contributed by atoms with van der Waals surface area (Å²) >= 11 is 3.33. The van der Waals surface area contributed by atoms with Gasteiger partial charge in [0.05, 0.1) is 10.2 Å². The van der Waals surface area contributed by atoms with E-state index in [0.29, 0.717) is 11.8 Å². The summed E-state index contributed by atoms with van der Waals surface area (Å²) in [5.74, 6) is -1.56. The molecule has 0 aliphatic carbocycles. The third-order valence-electron chi connectivity index (χ3n) is 2.65. The van der Waals surface area contributed by atoms with Gasteiger partial charge in [-0.3, -0.25) is 4.79 Å². The maximum Gasteiger partial charge on any atom is 0.262 e. The van der Waals surface area contributed by atoms with E-state index in [-0.39, 0.29) is 12.3 Å². The fourth-order valence-corrected chi connectivity index (χ4v) is 2.25. The molecule has 2 aromatic rings. The van der Waals surface area contributed by atoms with E-state index in [0.717, 1.165) is 22.2 Å². The molecule has 6 heteroatoms. The van der Waals surface area contributed by atoms with Gasteiger partial charge in [0.15, 0.2) is 6.61 Å². The molecular formula is C15H12BrF2NO2. The van der Waals surface area contributed by atoms with Gasteiger partial charge in [-0.05, 0) is 52.7 Å². The van der Waals surface area contributed by atoms with E-state index in [2.05, 4.69) is 21.2 Å². The first-order valence-corrected chi connectivity index (χ1v) is 6.89. The van der Waals surface area contributed by atoms with Crippen molar-refractivity contribution in [2.75, 3.05) is 11.9 Å². The Balaban J connectivity index is 1.96. The van der Waals surface area contributed by atoms with Gasteiger partial charge in [0, 0.05) is 6.07 Å². The topological polar surface area (TPSA) is 38.3 Å². The molecule has 0 fully saturated rings. The summed E-state index contributed by atoms with van der Waals surface area (Å²) < 4.78 is 32.2. The summed E-state index contributed by atoms with van der Waals surface area (Å²) in [4.78, 5) is 11.7. The predicted octanol–water partition coefficient (Wildman–Crippen LogP) is 4.05. The lowest BCUT2D eigenvalue weighted by Crippen LogP contribution is -2.21. The molecule has 0 bridgehead atoms. The molecule has 0 atom stereocenters. The van der Waals surface area contributed by atoms with Crippen LogP contribution < -0.4 is 10.1 Å². The number of amides is 1. The zero-order valence-corrected chi connectivity index (χ0v) is 12.7. The molecule has 0 aliphatic heterocycles. The van der Waals surface area contributed by atoms with Crippen molar-refractivity contribution >= 4 is 27.5 Å². The van der Waals surface area contributed by atoms with Crippen LogP contribution in [0.5, 0.6) is 5.75 Å². The quantitative estimate of drug-likeness (QED) is 0.898. The van der Waals surface area contributed by atoms with Gasteiger partial charge >= 0.3 is 0 Å². The van der Waals surface area contributed by atoms with Gasteiger partial charge in [0.2, 0.25) is 0 Å². The second kappa shape index (κ2) is 6.67. The van der Waals surface area contributed by atoms with Crippen LogP contribution in [0.15, 0.2) is 40.9 Å². The Morgan fingerprint density at radius 2 is 2.00 bits per heavy atom. The number of anilines is 1. The standard InChI is InChI=1S/C15H12BrF2NO2/c1-9-2-5-14(11(16)6-9)21-8-15(20)19-13-4-3-10(17)7-12(13)18/h2-7H,8H2,1H3,(H,19,20). The highest BCUT2D eigenvalue weighted by Crippen LogP contribution is 2.25. The Morgan fingerprint density at radius 3 is 2.67 bits per heavy atom. The molecule has 0 spiro atoms. The Labute approximate surface area is 129 Å². The normalized spacial score (nSPS) is 10.3. The Morgan fingerprint density at radius 1 is 1.24 bits per heavy atom. The Kier molecular flexibility index (Phi) is 4.90. The van der Waals surface area contributed by atoms with Gasteiger partial charge in [-0.15, -0.1) is 0 Å². The Hall–Kier alpha value is -1.95. The van der Waals surface area contributed by atoms with E-state index in [4.69, 9.17) is 4.74 Å². The van der Waals surface area contributed by atoms with E-state index >= 15 is 0 Å². The number of aryl methyl sites for hydroxylation is 1. The molecule has 21 heavy (non-hydrogen) atoms. The van der Waals surface area contributed by atoms with Gasteiger partial charge < -0.3 is 10.1 Å². The first kappa shape index (κ1) is 15.4. The highest BCUT2D eigenvalue weighted by atomic mass is 79.9. The van der Waals surface area contributed by atoms with E-state index in [1.54, 1.807) is 6.07 Å². The van der Waals surface area contributed by atoms with E-state index in [1.807, 2.05) is 19.1 Å². The van der Waals surface area contributed by atoms with E-state index in [9.17, 15) is 13.6 Å². The van der Waals surface area contributed by atoms with Gasteiger partial charge in [0.25, 0.3) is 5.91 Å². The molecule has 0 aromatic heterocycles. The van der Waals surface area contributed by atoms with Crippen LogP contribution in [0.4, 0.5) is 14.5 Å². The zero-order valence-electron chi connectivity index (χ0n) is 11.1. The first-order valence-electron chi connectivity index (χ1n) is 6.09. The number of nitrogens with one attached hydrogen (secondary N) is 1. The van der Waals surface area contributed by atoms with Gasteiger partial charge in [-0.25, -0.2) is 8.78 Å². The average molecular weight is 356 g/mol. The summed E-state index contributed by atoms with van der Waals surface area (Å²) in [7, 11) is 0. The highest BCUT2D eigenvalue weighted by molar-refractivity contribution is 9.10. The molecule has 2 aromatic carbocycles. The minimum atomic E-state index is -0.833. The minimum Gasteiger partial charge on any atom is -0.483 e. The molecule has 3 nitrogen and oxygen atoms in total. The number of carbonyl (C=O) groups excluding carboxylic acids is 1. The lowest BCUT2D eigenvalue weighted by molar-refractivity contribution is -0.118. The number of hydrogen-bond donors (Lipinski definition) is 1. The third-order valence-corrected chi connectivity index (χ3v) is 3.27. The van der Waals surface area contributed by atoms with Gasteiger partial charge in [0.1, 0.15) is 17.4 Å². The average Bonchev–Trinajstić information content (AvgIpc) is 2.41.